The molecule has 1 unspecified atom stereocenters. The van der Waals surface area contributed by atoms with Crippen LogP contribution in [-0.4, -0.2) is 27.7 Å². The van der Waals surface area contributed by atoms with Gasteiger partial charge in [-0.1, -0.05) is 0 Å². The van der Waals surface area contributed by atoms with Crippen molar-refractivity contribution in [2.75, 3.05) is 10.8 Å². The fraction of sp³-hybridized carbons (Fsp3) is 0.474. The van der Waals surface area contributed by atoms with Gasteiger partial charge in [0.05, 0.1) is 17.9 Å². The molecule has 1 atom stereocenters. The number of benzene rings is 1. The Morgan fingerprint density at radius 1 is 1.38 bits per heavy atom. The summed E-state index contributed by atoms with van der Waals surface area (Å²) in [5.74, 6) is 1.26. The zero-order valence-corrected chi connectivity index (χ0v) is 16.0. The summed E-state index contributed by atoms with van der Waals surface area (Å²) < 4.78 is 8.09. The van der Waals surface area contributed by atoms with E-state index in [4.69, 9.17) is 9.88 Å². The van der Waals surface area contributed by atoms with E-state index in [1.54, 1.807) is 6.92 Å². The van der Waals surface area contributed by atoms with E-state index in [1.165, 1.54) is 12.8 Å². The summed E-state index contributed by atoms with van der Waals surface area (Å²) in [4.78, 5) is 14.1. The third-order valence-electron chi connectivity index (χ3n) is 5.19. The molecule has 1 aromatic heterocycles. The van der Waals surface area contributed by atoms with Crippen molar-refractivity contribution < 1.29 is 9.53 Å². The molecule has 1 aliphatic heterocycles. The van der Waals surface area contributed by atoms with Crippen LogP contribution in [0, 0.1) is 0 Å². The fourth-order valence-electron chi connectivity index (χ4n) is 3.79. The first-order chi connectivity index (χ1) is 12.6. The molecule has 2 aliphatic rings. The standard InChI is InChI=1S/C19H24N4O2S/c1-12-3-6-17-18(23(12)13(2)24)8-7-16(19(17)25-11-26-20)14-9-21-22(10-14)15-4-5-15/h7-10,12,15H,3-6,11,20H2,1-2H3. The molecule has 1 saturated carbocycles. The van der Waals surface area contributed by atoms with E-state index in [-0.39, 0.29) is 11.9 Å². The molecule has 26 heavy (non-hydrogen) atoms. The van der Waals surface area contributed by atoms with Gasteiger partial charge in [0.2, 0.25) is 5.91 Å². The van der Waals surface area contributed by atoms with Crippen LogP contribution >= 0.6 is 11.9 Å². The molecule has 7 heteroatoms. The van der Waals surface area contributed by atoms with Gasteiger partial charge < -0.3 is 9.64 Å². The van der Waals surface area contributed by atoms with Gasteiger partial charge in [-0.05, 0) is 56.7 Å². The molecule has 1 amide bonds. The minimum absolute atomic E-state index is 0.0619. The zero-order chi connectivity index (χ0) is 18.3. The predicted octanol–water partition coefficient (Wildman–Crippen LogP) is 3.52. The molecular formula is C19H24N4O2S. The SMILES string of the molecule is CC(=O)N1c2ccc(-c3cnn(C4CC4)c3)c(OCSN)c2CCC1C. The van der Waals surface area contributed by atoms with Gasteiger partial charge in [-0.25, -0.2) is 0 Å². The van der Waals surface area contributed by atoms with Crippen LogP contribution in [0.4, 0.5) is 5.69 Å². The summed E-state index contributed by atoms with van der Waals surface area (Å²) >= 11 is 1.16. The van der Waals surface area contributed by atoms with E-state index in [9.17, 15) is 4.79 Å². The third-order valence-corrected chi connectivity index (χ3v) is 5.45. The summed E-state index contributed by atoms with van der Waals surface area (Å²) in [6.45, 7) is 3.71. The molecule has 0 radical (unpaired) electrons. The number of hydrogen-bond acceptors (Lipinski definition) is 5. The number of anilines is 1. The summed E-state index contributed by atoms with van der Waals surface area (Å²) in [6, 6.07) is 4.82. The van der Waals surface area contributed by atoms with Crippen molar-refractivity contribution in [2.24, 2.45) is 5.14 Å². The summed E-state index contributed by atoms with van der Waals surface area (Å²) in [5.41, 5.74) is 4.10. The Balaban J connectivity index is 1.80. The fourth-order valence-corrected chi connectivity index (χ4v) is 3.97. The van der Waals surface area contributed by atoms with Gasteiger partial charge >= 0.3 is 0 Å². The van der Waals surface area contributed by atoms with Crippen molar-refractivity contribution in [1.29, 1.82) is 0 Å². The molecule has 2 heterocycles. The average Bonchev–Trinajstić information content (AvgIpc) is 3.36. The molecule has 0 spiro atoms. The molecule has 1 fully saturated rings. The first kappa shape index (κ1) is 17.4. The van der Waals surface area contributed by atoms with Crippen LogP contribution in [-0.2, 0) is 11.2 Å². The van der Waals surface area contributed by atoms with Crippen molar-refractivity contribution >= 4 is 23.5 Å². The number of hydrogen-bond donors (Lipinski definition) is 1. The molecule has 0 bridgehead atoms. The van der Waals surface area contributed by atoms with Crippen LogP contribution in [0.3, 0.4) is 0 Å². The van der Waals surface area contributed by atoms with Gasteiger partial charge in [0.1, 0.15) is 11.7 Å². The second kappa shape index (κ2) is 6.96. The molecule has 4 rings (SSSR count). The number of aromatic nitrogens is 2. The Kier molecular flexibility index (Phi) is 4.67. The van der Waals surface area contributed by atoms with Crippen LogP contribution in [0.25, 0.3) is 11.1 Å². The van der Waals surface area contributed by atoms with Gasteiger partial charge in [0.25, 0.3) is 0 Å². The minimum Gasteiger partial charge on any atom is -0.481 e. The molecule has 138 valence electrons. The van der Waals surface area contributed by atoms with Gasteiger partial charge in [-0.3, -0.25) is 14.6 Å². The van der Waals surface area contributed by atoms with E-state index in [0.717, 1.165) is 52.9 Å². The van der Waals surface area contributed by atoms with E-state index in [2.05, 4.69) is 18.2 Å². The summed E-state index contributed by atoms with van der Waals surface area (Å²) in [7, 11) is 0. The van der Waals surface area contributed by atoms with Gasteiger partial charge in [0, 0.05) is 35.9 Å². The Bertz CT molecular complexity index is 831. The van der Waals surface area contributed by atoms with Crippen LogP contribution in [0.2, 0.25) is 0 Å². The maximum atomic E-state index is 12.2. The number of amides is 1. The third kappa shape index (κ3) is 3.10. The molecule has 1 aromatic carbocycles. The Labute approximate surface area is 157 Å². The van der Waals surface area contributed by atoms with Crippen molar-refractivity contribution in [3.8, 4) is 16.9 Å². The molecule has 2 aromatic rings. The molecule has 1 aliphatic carbocycles. The van der Waals surface area contributed by atoms with Gasteiger partial charge in [-0.15, -0.1) is 0 Å². The normalized spacial score (nSPS) is 19.3. The van der Waals surface area contributed by atoms with E-state index >= 15 is 0 Å². The number of nitrogens with zero attached hydrogens (tertiary/aromatic N) is 3. The lowest BCUT2D eigenvalue weighted by Crippen LogP contribution is -2.40. The second-order valence-corrected chi connectivity index (χ2v) is 7.65. The topological polar surface area (TPSA) is 73.4 Å². The summed E-state index contributed by atoms with van der Waals surface area (Å²) in [6.07, 6.45) is 8.19. The Hall–Kier alpha value is -1.99. The zero-order valence-electron chi connectivity index (χ0n) is 15.1. The lowest BCUT2D eigenvalue weighted by Gasteiger charge is -2.36. The first-order valence-electron chi connectivity index (χ1n) is 9.04. The maximum absolute atomic E-state index is 12.2. The maximum Gasteiger partial charge on any atom is 0.224 e. The minimum atomic E-state index is 0.0619. The van der Waals surface area contributed by atoms with Crippen LogP contribution in [0.15, 0.2) is 24.5 Å². The lowest BCUT2D eigenvalue weighted by atomic mass is 9.92. The smallest absolute Gasteiger partial charge is 0.224 e. The lowest BCUT2D eigenvalue weighted by molar-refractivity contribution is -0.117. The first-order valence-corrected chi connectivity index (χ1v) is 10.1. The van der Waals surface area contributed by atoms with E-state index < -0.39 is 0 Å². The number of ether oxygens (including phenoxy) is 1. The largest absolute Gasteiger partial charge is 0.481 e. The van der Waals surface area contributed by atoms with E-state index in [0.29, 0.717) is 12.0 Å². The highest BCUT2D eigenvalue weighted by Crippen LogP contribution is 2.44. The highest BCUT2D eigenvalue weighted by Gasteiger charge is 2.30. The van der Waals surface area contributed by atoms with Gasteiger partial charge in [-0.2, -0.15) is 5.10 Å². The molecule has 6 nitrogen and oxygen atoms in total. The number of carbonyl (C=O) groups is 1. The quantitative estimate of drug-likeness (QED) is 0.642. The van der Waals surface area contributed by atoms with Crippen molar-refractivity contribution in [1.82, 2.24) is 9.78 Å². The number of carbonyl (C=O) groups excluding carboxylic acids is 1. The highest BCUT2D eigenvalue weighted by atomic mass is 32.2. The van der Waals surface area contributed by atoms with Crippen molar-refractivity contribution in [3.05, 3.63) is 30.1 Å². The monoisotopic (exact) mass is 372 g/mol. The second-order valence-electron chi connectivity index (χ2n) is 7.09. The highest BCUT2D eigenvalue weighted by molar-refractivity contribution is 7.96. The number of nitrogens with two attached hydrogens (primary N) is 1. The number of fused-ring (bicyclic) bond motifs is 1. The van der Waals surface area contributed by atoms with Crippen molar-refractivity contribution in [2.45, 2.75) is 51.6 Å². The van der Waals surface area contributed by atoms with Crippen LogP contribution in [0.1, 0.15) is 44.7 Å². The van der Waals surface area contributed by atoms with Crippen LogP contribution < -0.4 is 14.8 Å². The summed E-state index contributed by atoms with van der Waals surface area (Å²) in [5, 5.41) is 10.1. The number of rotatable bonds is 5. The Morgan fingerprint density at radius 2 is 2.19 bits per heavy atom. The molecule has 2 N–H and O–H groups in total. The molecule has 0 saturated heterocycles. The van der Waals surface area contributed by atoms with Gasteiger partial charge in [0.15, 0.2) is 0 Å². The van der Waals surface area contributed by atoms with Crippen molar-refractivity contribution in [3.63, 3.8) is 0 Å². The van der Waals surface area contributed by atoms with Crippen LogP contribution in [0.5, 0.6) is 5.75 Å². The van der Waals surface area contributed by atoms with E-state index in [1.807, 2.05) is 27.9 Å². The average molecular weight is 372 g/mol. The predicted molar refractivity (Wildman–Crippen MR) is 104 cm³/mol. The Morgan fingerprint density at radius 3 is 2.88 bits per heavy atom. The molecular weight excluding hydrogens is 348 g/mol.